The third-order valence-corrected chi connectivity index (χ3v) is 2.77. The zero-order valence-corrected chi connectivity index (χ0v) is 11.1. The number of carbonyl (C=O) groups is 1. The number of hydrazone groups is 1. The fourth-order valence-electron chi connectivity index (χ4n) is 1.60. The Balaban J connectivity index is 2.04. The Morgan fingerprint density at radius 1 is 1.20 bits per heavy atom. The number of rotatable bonds is 4. The number of pyridine rings is 1. The van der Waals surface area contributed by atoms with Gasteiger partial charge >= 0.3 is 0 Å². The number of nitrogens with one attached hydrogen (secondary N) is 1. The molecule has 0 atom stereocenters. The van der Waals surface area contributed by atoms with Crippen LogP contribution in [-0.2, 0) is 6.61 Å². The SMILES string of the molecule is C/C(=N\NC(=O)c1ccc(CO)nc1)c1ccccc1. The average Bonchev–Trinajstić information content (AvgIpc) is 2.53. The van der Waals surface area contributed by atoms with Crippen molar-refractivity contribution >= 4 is 11.6 Å². The number of nitrogens with zero attached hydrogens (tertiary/aromatic N) is 2. The van der Waals surface area contributed by atoms with E-state index in [0.29, 0.717) is 11.3 Å². The Bertz CT molecular complexity index is 607. The van der Waals surface area contributed by atoms with E-state index in [1.165, 1.54) is 6.20 Å². The molecule has 102 valence electrons. The van der Waals surface area contributed by atoms with Gasteiger partial charge in [0, 0.05) is 6.20 Å². The summed E-state index contributed by atoms with van der Waals surface area (Å²) < 4.78 is 0. The lowest BCUT2D eigenvalue weighted by atomic mass is 10.1. The van der Waals surface area contributed by atoms with Crippen molar-refractivity contribution in [3.8, 4) is 0 Å². The number of hydrogen-bond acceptors (Lipinski definition) is 4. The zero-order chi connectivity index (χ0) is 14.4. The molecule has 0 fully saturated rings. The predicted molar refractivity (Wildman–Crippen MR) is 76.3 cm³/mol. The Kier molecular flexibility index (Phi) is 4.57. The monoisotopic (exact) mass is 269 g/mol. The molecule has 2 rings (SSSR count). The quantitative estimate of drug-likeness (QED) is 0.655. The van der Waals surface area contributed by atoms with E-state index in [1.54, 1.807) is 12.1 Å². The molecule has 0 aliphatic carbocycles. The summed E-state index contributed by atoms with van der Waals surface area (Å²) in [5.74, 6) is -0.336. The largest absolute Gasteiger partial charge is 0.390 e. The van der Waals surface area contributed by atoms with Crippen molar-refractivity contribution < 1.29 is 9.90 Å². The predicted octanol–water partition coefficient (Wildman–Crippen LogP) is 1.73. The summed E-state index contributed by atoms with van der Waals surface area (Å²) in [6, 6.07) is 12.8. The van der Waals surface area contributed by atoms with E-state index in [9.17, 15) is 4.79 Å². The summed E-state index contributed by atoms with van der Waals surface area (Å²) in [5.41, 5.74) is 5.06. The van der Waals surface area contributed by atoms with Crippen LogP contribution in [0.1, 0.15) is 28.5 Å². The molecule has 0 radical (unpaired) electrons. The number of hydrogen-bond donors (Lipinski definition) is 2. The average molecular weight is 269 g/mol. The van der Waals surface area contributed by atoms with E-state index in [4.69, 9.17) is 5.11 Å². The second-order valence-electron chi connectivity index (χ2n) is 4.20. The number of carbonyl (C=O) groups excluding carboxylic acids is 1. The number of benzene rings is 1. The van der Waals surface area contributed by atoms with E-state index in [1.807, 2.05) is 37.3 Å². The van der Waals surface area contributed by atoms with Gasteiger partial charge in [-0.3, -0.25) is 9.78 Å². The molecule has 1 heterocycles. The molecule has 1 aromatic carbocycles. The van der Waals surface area contributed by atoms with Gasteiger partial charge in [-0.05, 0) is 24.6 Å². The maximum absolute atomic E-state index is 11.9. The Hall–Kier alpha value is -2.53. The molecule has 20 heavy (non-hydrogen) atoms. The molecule has 0 spiro atoms. The molecule has 1 amide bonds. The van der Waals surface area contributed by atoms with E-state index >= 15 is 0 Å². The molecule has 5 heteroatoms. The molecule has 0 saturated heterocycles. The molecule has 2 N–H and O–H groups in total. The fraction of sp³-hybridized carbons (Fsp3) is 0.133. The van der Waals surface area contributed by atoms with E-state index in [-0.39, 0.29) is 12.5 Å². The maximum atomic E-state index is 11.9. The van der Waals surface area contributed by atoms with Crippen molar-refractivity contribution in [1.82, 2.24) is 10.4 Å². The summed E-state index contributed by atoms with van der Waals surface area (Å²) in [6.45, 7) is 1.68. The normalized spacial score (nSPS) is 11.2. The second-order valence-corrected chi connectivity index (χ2v) is 4.20. The van der Waals surface area contributed by atoms with Gasteiger partial charge in [0.1, 0.15) is 0 Å². The minimum atomic E-state index is -0.336. The highest BCUT2D eigenvalue weighted by atomic mass is 16.3. The van der Waals surface area contributed by atoms with Crippen molar-refractivity contribution in [3.05, 3.63) is 65.5 Å². The molecule has 0 aliphatic heterocycles. The summed E-state index contributed by atoms with van der Waals surface area (Å²) in [5, 5.41) is 12.9. The van der Waals surface area contributed by atoms with Gasteiger partial charge in [0.15, 0.2) is 0 Å². The first-order valence-electron chi connectivity index (χ1n) is 6.16. The number of aromatic nitrogens is 1. The van der Waals surface area contributed by atoms with Crippen molar-refractivity contribution in [3.63, 3.8) is 0 Å². The smallest absolute Gasteiger partial charge is 0.272 e. The second kappa shape index (κ2) is 6.58. The Labute approximate surface area is 117 Å². The number of aliphatic hydroxyl groups excluding tert-OH is 1. The van der Waals surface area contributed by atoms with Crippen LogP contribution in [0, 0.1) is 0 Å². The molecular weight excluding hydrogens is 254 g/mol. The van der Waals surface area contributed by atoms with Gasteiger partial charge in [-0.2, -0.15) is 5.10 Å². The molecule has 0 bridgehead atoms. The molecule has 0 aliphatic rings. The van der Waals surface area contributed by atoms with Crippen LogP contribution in [0.5, 0.6) is 0 Å². The first kappa shape index (κ1) is 13.9. The van der Waals surface area contributed by atoms with Crippen molar-refractivity contribution in [1.29, 1.82) is 0 Å². The van der Waals surface area contributed by atoms with Crippen LogP contribution >= 0.6 is 0 Å². The molecule has 0 unspecified atom stereocenters. The molecule has 1 aromatic heterocycles. The highest BCUT2D eigenvalue weighted by Crippen LogP contribution is 2.02. The van der Waals surface area contributed by atoms with Gasteiger partial charge in [0.25, 0.3) is 5.91 Å². The van der Waals surface area contributed by atoms with Crippen LogP contribution in [-0.4, -0.2) is 21.7 Å². The van der Waals surface area contributed by atoms with Gasteiger partial charge in [0.05, 0.1) is 23.6 Å². The van der Waals surface area contributed by atoms with Gasteiger partial charge < -0.3 is 5.11 Å². The lowest BCUT2D eigenvalue weighted by Crippen LogP contribution is -2.19. The zero-order valence-electron chi connectivity index (χ0n) is 11.1. The Morgan fingerprint density at radius 3 is 2.55 bits per heavy atom. The van der Waals surface area contributed by atoms with Crippen molar-refractivity contribution in [2.24, 2.45) is 5.10 Å². The van der Waals surface area contributed by atoms with Gasteiger partial charge in [-0.15, -0.1) is 0 Å². The van der Waals surface area contributed by atoms with Gasteiger partial charge in [0.2, 0.25) is 0 Å². The van der Waals surface area contributed by atoms with Crippen LogP contribution < -0.4 is 5.43 Å². The highest BCUT2D eigenvalue weighted by molar-refractivity contribution is 6.00. The summed E-state index contributed by atoms with van der Waals surface area (Å²) >= 11 is 0. The standard InChI is InChI=1S/C15H15N3O2/c1-11(12-5-3-2-4-6-12)17-18-15(20)13-7-8-14(10-19)16-9-13/h2-9,19H,10H2,1H3,(H,18,20)/b17-11+. The lowest BCUT2D eigenvalue weighted by Gasteiger charge is -2.03. The summed E-state index contributed by atoms with van der Waals surface area (Å²) in [6.07, 6.45) is 1.41. The first-order chi connectivity index (χ1) is 9.70. The lowest BCUT2D eigenvalue weighted by molar-refractivity contribution is 0.0954. The highest BCUT2D eigenvalue weighted by Gasteiger charge is 2.05. The third-order valence-electron chi connectivity index (χ3n) is 2.77. The topological polar surface area (TPSA) is 74.6 Å². The van der Waals surface area contributed by atoms with Gasteiger partial charge in [-0.1, -0.05) is 30.3 Å². The minimum absolute atomic E-state index is 0.146. The van der Waals surface area contributed by atoms with Crippen LogP contribution in [0.2, 0.25) is 0 Å². The van der Waals surface area contributed by atoms with Crippen LogP contribution in [0.25, 0.3) is 0 Å². The fourth-order valence-corrected chi connectivity index (χ4v) is 1.60. The minimum Gasteiger partial charge on any atom is -0.390 e. The number of amides is 1. The van der Waals surface area contributed by atoms with Gasteiger partial charge in [-0.25, -0.2) is 5.43 Å². The molecule has 2 aromatic rings. The third kappa shape index (κ3) is 3.49. The number of aliphatic hydroxyl groups is 1. The maximum Gasteiger partial charge on any atom is 0.272 e. The van der Waals surface area contributed by atoms with Crippen LogP contribution in [0.4, 0.5) is 0 Å². The first-order valence-corrected chi connectivity index (χ1v) is 6.16. The molecular formula is C15H15N3O2. The van der Waals surface area contributed by atoms with Crippen molar-refractivity contribution in [2.45, 2.75) is 13.5 Å². The summed E-state index contributed by atoms with van der Waals surface area (Å²) in [7, 11) is 0. The summed E-state index contributed by atoms with van der Waals surface area (Å²) in [4.78, 5) is 15.8. The Morgan fingerprint density at radius 2 is 1.95 bits per heavy atom. The van der Waals surface area contributed by atoms with E-state index < -0.39 is 0 Å². The van der Waals surface area contributed by atoms with Crippen molar-refractivity contribution in [2.75, 3.05) is 0 Å². The van der Waals surface area contributed by atoms with E-state index in [2.05, 4.69) is 15.5 Å². The van der Waals surface area contributed by atoms with E-state index in [0.717, 1.165) is 11.3 Å². The molecule has 5 nitrogen and oxygen atoms in total. The van der Waals surface area contributed by atoms with Crippen LogP contribution in [0.15, 0.2) is 53.8 Å². The molecule has 0 saturated carbocycles. The van der Waals surface area contributed by atoms with Crippen LogP contribution in [0.3, 0.4) is 0 Å².